The van der Waals surface area contributed by atoms with Gasteiger partial charge in [0.1, 0.15) is 5.75 Å². The first-order valence-corrected chi connectivity index (χ1v) is 11.3. The summed E-state index contributed by atoms with van der Waals surface area (Å²) in [5.41, 5.74) is 7.81. The highest BCUT2D eigenvalue weighted by Gasteiger charge is 2.22. The number of unbranched alkanes of at least 4 members (excludes halogenated alkanes) is 1. The second-order valence-electron chi connectivity index (χ2n) is 6.96. The maximum Gasteiger partial charge on any atom is 0.243 e. The zero-order chi connectivity index (χ0) is 21.6. The second kappa shape index (κ2) is 9.84. The first kappa shape index (κ1) is 21.9. The molecule has 0 saturated carbocycles. The number of nitrogens with two attached hydrogens (primary N) is 1. The summed E-state index contributed by atoms with van der Waals surface area (Å²) in [4.78, 5) is 0.216. The molecule has 0 spiro atoms. The fraction of sp³-hybridized carbons (Fsp3) is 0.333. The molecule has 0 aliphatic heterocycles. The predicted octanol–water partition coefficient (Wildman–Crippen LogP) is 2.73. The van der Waals surface area contributed by atoms with Gasteiger partial charge in [-0.05, 0) is 48.4 Å². The Morgan fingerprint density at radius 3 is 2.43 bits per heavy atom. The molecule has 2 aromatic carbocycles. The van der Waals surface area contributed by atoms with E-state index < -0.39 is 10.0 Å². The summed E-state index contributed by atoms with van der Waals surface area (Å²) in [6.07, 6.45) is 3.82. The largest absolute Gasteiger partial charge is 0.494 e. The number of hydrogen-bond acceptors (Lipinski definition) is 6. The molecule has 160 valence electrons. The number of nitrogens with zero attached hydrogens (tertiary/aromatic N) is 4. The van der Waals surface area contributed by atoms with Gasteiger partial charge in [-0.15, -0.1) is 5.10 Å². The number of benzene rings is 2. The lowest BCUT2D eigenvalue weighted by Gasteiger charge is -2.16. The van der Waals surface area contributed by atoms with Crippen molar-refractivity contribution in [2.24, 2.45) is 5.73 Å². The highest BCUT2D eigenvalue weighted by Crippen LogP contribution is 2.18. The van der Waals surface area contributed by atoms with Gasteiger partial charge < -0.3 is 10.5 Å². The van der Waals surface area contributed by atoms with Crippen LogP contribution in [0.25, 0.3) is 5.69 Å². The molecule has 0 saturated heterocycles. The maximum atomic E-state index is 12.8. The van der Waals surface area contributed by atoms with Gasteiger partial charge in [-0.25, -0.2) is 13.1 Å². The van der Waals surface area contributed by atoms with Crippen LogP contribution < -0.4 is 10.5 Å². The van der Waals surface area contributed by atoms with Gasteiger partial charge in [-0.3, -0.25) is 0 Å². The number of aromatic nitrogens is 3. The van der Waals surface area contributed by atoms with E-state index in [-0.39, 0.29) is 11.4 Å². The van der Waals surface area contributed by atoms with E-state index in [2.05, 4.69) is 17.2 Å². The molecule has 3 rings (SSSR count). The van der Waals surface area contributed by atoms with Crippen molar-refractivity contribution >= 4 is 10.0 Å². The van der Waals surface area contributed by atoms with E-state index in [4.69, 9.17) is 10.5 Å². The van der Waals surface area contributed by atoms with Crippen LogP contribution in [0.1, 0.15) is 31.0 Å². The molecule has 9 heteroatoms. The van der Waals surface area contributed by atoms with Crippen LogP contribution in [0.15, 0.2) is 59.6 Å². The second-order valence-corrected chi connectivity index (χ2v) is 9.00. The van der Waals surface area contributed by atoms with Crippen LogP contribution in [0.3, 0.4) is 0 Å². The summed E-state index contributed by atoms with van der Waals surface area (Å²) >= 11 is 0. The number of sulfonamides is 1. The SMILES string of the molecule is CCCCOc1ccc(-n2cc(CN(C)S(=O)(=O)c3ccc(CN)cc3)nn2)cc1. The third-order valence-electron chi connectivity index (χ3n) is 4.66. The molecule has 1 aromatic heterocycles. The van der Waals surface area contributed by atoms with E-state index in [1.165, 1.54) is 11.4 Å². The van der Waals surface area contributed by atoms with Crippen LogP contribution >= 0.6 is 0 Å². The Morgan fingerprint density at radius 1 is 1.10 bits per heavy atom. The predicted molar refractivity (Wildman–Crippen MR) is 115 cm³/mol. The van der Waals surface area contributed by atoms with Gasteiger partial charge in [0.2, 0.25) is 10.0 Å². The third kappa shape index (κ3) is 5.24. The zero-order valence-corrected chi connectivity index (χ0v) is 18.0. The molecule has 0 fully saturated rings. The van der Waals surface area contributed by atoms with Gasteiger partial charge in [-0.2, -0.15) is 4.31 Å². The van der Waals surface area contributed by atoms with Crippen molar-refractivity contribution in [1.82, 2.24) is 19.3 Å². The highest BCUT2D eigenvalue weighted by atomic mass is 32.2. The molecule has 8 nitrogen and oxygen atoms in total. The smallest absolute Gasteiger partial charge is 0.243 e. The van der Waals surface area contributed by atoms with Gasteiger partial charge in [0, 0.05) is 13.6 Å². The zero-order valence-electron chi connectivity index (χ0n) is 17.2. The number of ether oxygens (including phenoxy) is 1. The van der Waals surface area contributed by atoms with Crippen molar-refractivity contribution < 1.29 is 13.2 Å². The Bertz CT molecular complexity index is 1050. The van der Waals surface area contributed by atoms with Crippen molar-refractivity contribution in [3.8, 4) is 11.4 Å². The molecule has 0 atom stereocenters. The quantitative estimate of drug-likeness (QED) is 0.497. The van der Waals surface area contributed by atoms with Crippen molar-refractivity contribution in [2.75, 3.05) is 13.7 Å². The van der Waals surface area contributed by atoms with Gasteiger partial charge in [0.15, 0.2) is 0 Å². The van der Waals surface area contributed by atoms with E-state index in [1.807, 2.05) is 24.3 Å². The Morgan fingerprint density at radius 2 is 1.80 bits per heavy atom. The molecular weight excluding hydrogens is 402 g/mol. The number of rotatable bonds is 10. The molecule has 30 heavy (non-hydrogen) atoms. The molecule has 0 unspecified atom stereocenters. The summed E-state index contributed by atoms with van der Waals surface area (Å²) in [5.74, 6) is 0.805. The van der Waals surface area contributed by atoms with Crippen molar-refractivity contribution in [3.05, 3.63) is 66.0 Å². The minimum atomic E-state index is -3.64. The van der Waals surface area contributed by atoms with E-state index in [0.717, 1.165) is 29.8 Å². The van der Waals surface area contributed by atoms with E-state index in [1.54, 1.807) is 35.1 Å². The summed E-state index contributed by atoms with van der Waals surface area (Å²) in [7, 11) is -2.11. The summed E-state index contributed by atoms with van der Waals surface area (Å²) < 4.78 is 34.1. The van der Waals surface area contributed by atoms with Gasteiger partial charge in [0.25, 0.3) is 0 Å². The van der Waals surface area contributed by atoms with Crippen LogP contribution in [0, 0.1) is 0 Å². The average Bonchev–Trinajstić information content (AvgIpc) is 3.23. The fourth-order valence-electron chi connectivity index (χ4n) is 2.82. The van der Waals surface area contributed by atoms with Crippen LogP contribution in [0.5, 0.6) is 5.75 Å². The van der Waals surface area contributed by atoms with E-state index >= 15 is 0 Å². The fourth-order valence-corrected chi connectivity index (χ4v) is 3.96. The summed E-state index contributed by atoms with van der Waals surface area (Å²) in [5, 5.41) is 8.22. The average molecular weight is 430 g/mol. The van der Waals surface area contributed by atoms with Gasteiger partial charge >= 0.3 is 0 Å². The lowest BCUT2D eigenvalue weighted by atomic mass is 10.2. The van der Waals surface area contributed by atoms with Gasteiger partial charge in [-0.1, -0.05) is 30.7 Å². The lowest BCUT2D eigenvalue weighted by molar-refractivity contribution is 0.309. The van der Waals surface area contributed by atoms with Crippen molar-refractivity contribution in [1.29, 1.82) is 0 Å². The normalized spacial score (nSPS) is 11.7. The lowest BCUT2D eigenvalue weighted by Crippen LogP contribution is -2.26. The van der Waals surface area contributed by atoms with Crippen molar-refractivity contribution in [2.45, 2.75) is 37.8 Å². The molecule has 0 aliphatic carbocycles. The topological polar surface area (TPSA) is 103 Å². The highest BCUT2D eigenvalue weighted by molar-refractivity contribution is 7.89. The van der Waals surface area contributed by atoms with Crippen LogP contribution in [0.4, 0.5) is 0 Å². The molecule has 0 amide bonds. The van der Waals surface area contributed by atoms with Gasteiger partial charge in [0.05, 0.1) is 35.6 Å². The maximum absolute atomic E-state index is 12.8. The van der Waals surface area contributed by atoms with E-state index in [0.29, 0.717) is 18.8 Å². The van der Waals surface area contributed by atoms with Crippen LogP contribution in [-0.2, 0) is 23.1 Å². The third-order valence-corrected chi connectivity index (χ3v) is 6.48. The Labute approximate surface area is 177 Å². The molecule has 2 N–H and O–H groups in total. The monoisotopic (exact) mass is 429 g/mol. The molecule has 0 radical (unpaired) electrons. The minimum Gasteiger partial charge on any atom is -0.494 e. The first-order chi connectivity index (χ1) is 14.4. The summed E-state index contributed by atoms with van der Waals surface area (Å²) in [6, 6.07) is 14.1. The summed E-state index contributed by atoms with van der Waals surface area (Å²) in [6.45, 7) is 3.29. The Balaban J connectivity index is 1.67. The van der Waals surface area contributed by atoms with Crippen LogP contribution in [0.2, 0.25) is 0 Å². The molecule has 3 aromatic rings. The molecular formula is C21H27N5O3S. The first-order valence-electron chi connectivity index (χ1n) is 9.84. The van der Waals surface area contributed by atoms with Crippen molar-refractivity contribution in [3.63, 3.8) is 0 Å². The molecule has 0 bridgehead atoms. The Kier molecular flexibility index (Phi) is 7.20. The molecule has 1 heterocycles. The minimum absolute atomic E-state index is 0.110. The van der Waals surface area contributed by atoms with E-state index in [9.17, 15) is 8.42 Å². The Hall–Kier alpha value is -2.75. The number of hydrogen-bond donors (Lipinski definition) is 1. The standard InChI is InChI=1S/C21H27N5O3S/c1-3-4-13-29-20-9-7-19(8-10-20)26-16-18(23-24-26)15-25(2)30(27,28)21-11-5-17(14-22)6-12-21/h5-12,16H,3-4,13-15,22H2,1-2H3. The van der Waals surface area contributed by atoms with Crippen LogP contribution in [-0.4, -0.2) is 41.4 Å². The molecule has 0 aliphatic rings.